The van der Waals surface area contributed by atoms with Crippen molar-refractivity contribution in [1.29, 1.82) is 0 Å². The number of hydrogen-bond donors (Lipinski definition) is 2. The molecule has 2 bridgehead atoms. The van der Waals surface area contributed by atoms with Gasteiger partial charge in [-0.1, -0.05) is 6.08 Å². The number of aryl methyl sites for hydroxylation is 1. The lowest BCUT2D eigenvalue weighted by Crippen LogP contribution is -2.38. The number of allylic oxidation sites excluding steroid dienone is 1. The summed E-state index contributed by atoms with van der Waals surface area (Å²) in [4.78, 5) is 19.8. The molecular weight excluding hydrogens is 480 g/mol. The number of anilines is 2. The summed E-state index contributed by atoms with van der Waals surface area (Å²) < 4.78 is 53.4. The Balaban J connectivity index is 0.000000556. The number of amides is 1. The Labute approximate surface area is 205 Å². The molecule has 2 saturated heterocycles. The number of aromatic nitrogens is 5. The fourth-order valence-electron chi connectivity index (χ4n) is 4.50. The van der Waals surface area contributed by atoms with E-state index in [4.69, 9.17) is 0 Å². The third-order valence-electron chi connectivity index (χ3n) is 6.19. The number of fused-ring (bicyclic) bond motifs is 3. The molecule has 0 spiro atoms. The molecule has 2 fully saturated rings. The van der Waals surface area contributed by atoms with Crippen LogP contribution in [0.4, 0.5) is 29.1 Å². The van der Waals surface area contributed by atoms with Gasteiger partial charge in [0.2, 0.25) is 0 Å². The zero-order chi connectivity index (χ0) is 26.0. The molecule has 3 aromatic rings. The van der Waals surface area contributed by atoms with Crippen LogP contribution in [0.1, 0.15) is 42.2 Å². The zero-order valence-electron chi connectivity index (χ0n) is 20.0. The van der Waals surface area contributed by atoms with Crippen molar-refractivity contribution in [2.24, 2.45) is 7.05 Å². The van der Waals surface area contributed by atoms with E-state index in [0.717, 1.165) is 49.0 Å². The molecule has 3 atom stereocenters. The van der Waals surface area contributed by atoms with E-state index in [1.54, 1.807) is 6.20 Å². The molecule has 2 N–H and O–H groups in total. The maximum absolute atomic E-state index is 13.2. The van der Waals surface area contributed by atoms with E-state index in [2.05, 4.69) is 37.3 Å². The van der Waals surface area contributed by atoms with Crippen molar-refractivity contribution in [1.82, 2.24) is 29.7 Å². The summed E-state index contributed by atoms with van der Waals surface area (Å²) in [6, 6.07) is 2.56. The van der Waals surface area contributed by atoms with Gasteiger partial charge >= 0.3 is 6.18 Å². The van der Waals surface area contributed by atoms with Crippen LogP contribution in [-0.2, 0) is 13.2 Å². The third kappa shape index (κ3) is 5.35. The smallest absolute Gasteiger partial charge is 0.349 e. The number of nitrogens with one attached hydrogen (secondary N) is 2. The Morgan fingerprint density at radius 1 is 1.31 bits per heavy atom. The maximum Gasteiger partial charge on any atom is 0.437 e. The van der Waals surface area contributed by atoms with Gasteiger partial charge in [-0.3, -0.25) is 9.48 Å². The first kappa shape index (κ1) is 25.6. The van der Waals surface area contributed by atoms with E-state index in [0.29, 0.717) is 17.7 Å². The van der Waals surface area contributed by atoms with Crippen molar-refractivity contribution >= 4 is 23.1 Å². The quantitative estimate of drug-likeness (QED) is 0.414. The van der Waals surface area contributed by atoms with Crippen LogP contribution in [0.3, 0.4) is 0 Å². The van der Waals surface area contributed by atoms with Gasteiger partial charge in [-0.25, -0.2) is 13.9 Å². The van der Waals surface area contributed by atoms with E-state index < -0.39 is 29.6 Å². The molecule has 2 aliphatic heterocycles. The first-order chi connectivity index (χ1) is 17.1. The fraction of sp³-hybridized carbons (Fsp3) is 0.478. The molecule has 0 aliphatic carbocycles. The number of alkyl halides is 4. The average Bonchev–Trinajstić information content (AvgIpc) is 3.47. The van der Waals surface area contributed by atoms with E-state index in [1.165, 1.54) is 30.8 Å². The van der Waals surface area contributed by atoms with Gasteiger partial charge in [0.25, 0.3) is 5.91 Å². The molecule has 13 heteroatoms. The largest absolute Gasteiger partial charge is 0.437 e. The van der Waals surface area contributed by atoms with Crippen molar-refractivity contribution < 1.29 is 22.4 Å². The standard InChI is InChI=1S/C19H21F3N8O.C4H7F/c1-28-10-14(16(27-28)19(20,21)22)25-18(31)13-9-24-29-7-5-15(26-17(13)29)30-11-2-3-12(30)8-23-6-4-11;1-3-4(2)5/h5,7,9-12,23H,2-4,6,8H2,1H3,(H,25,31);3-4H,1H2,2H3/t11?,12-;/m1./s1. The van der Waals surface area contributed by atoms with Gasteiger partial charge in [0.15, 0.2) is 11.3 Å². The van der Waals surface area contributed by atoms with Gasteiger partial charge in [-0.15, -0.1) is 6.58 Å². The molecule has 5 rings (SSSR count). The minimum atomic E-state index is -4.68. The molecule has 0 saturated carbocycles. The molecule has 2 aliphatic rings. The van der Waals surface area contributed by atoms with Crippen LogP contribution in [0.15, 0.2) is 37.3 Å². The summed E-state index contributed by atoms with van der Waals surface area (Å²) in [5, 5.41) is 13.3. The van der Waals surface area contributed by atoms with Crippen molar-refractivity contribution in [3.05, 3.63) is 48.6 Å². The summed E-state index contributed by atoms with van der Waals surface area (Å²) in [6.07, 6.45) is 3.03. The number of carbonyl (C=O) groups is 1. The van der Waals surface area contributed by atoms with Gasteiger partial charge in [-0.05, 0) is 38.8 Å². The lowest BCUT2D eigenvalue weighted by molar-refractivity contribution is -0.140. The molecule has 36 heavy (non-hydrogen) atoms. The summed E-state index contributed by atoms with van der Waals surface area (Å²) in [5.41, 5.74) is -1.17. The summed E-state index contributed by atoms with van der Waals surface area (Å²) in [7, 11) is 1.36. The Kier molecular flexibility index (Phi) is 7.29. The molecule has 9 nitrogen and oxygen atoms in total. The van der Waals surface area contributed by atoms with Gasteiger partial charge in [0, 0.05) is 38.1 Å². The van der Waals surface area contributed by atoms with Crippen molar-refractivity contribution in [3.63, 3.8) is 0 Å². The molecule has 3 aromatic heterocycles. The normalized spacial score (nSPS) is 20.4. The lowest BCUT2D eigenvalue weighted by atomic mass is 10.1. The Morgan fingerprint density at radius 2 is 2.03 bits per heavy atom. The van der Waals surface area contributed by atoms with E-state index >= 15 is 0 Å². The van der Waals surface area contributed by atoms with Gasteiger partial charge in [-0.2, -0.15) is 23.4 Å². The first-order valence-electron chi connectivity index (χ1n) is 11.6. The highest BCUT2D eigenvalue weighted by atomic mass is 19.4. The van der Waals surface area contributed by atoms with Gasteiger partial charge in [0.05, 0.1) is 11.9 Å². The maximum atomic E-state index is 13.2. The predicted molar refractivity (Wildman–Crippen MR) is 127 cm³/mol. The van der Waals surface area contributed by atoms with Crippen molar-refractivity contribution in [2.45, 2.75) is 50.6 Å². The minimum Gasteiger partial charge on any atom is -0.349 e. The van der Waals surface area contributed by atoms with Crippen molar-refractivity contribution in [2.75, 3.05) is 23.3 Å². The molecule has 194 valence electrons. The molecule has 0 radical (unpaired) electrons. The Hall–Kier alpha value is -3.48. The summed E-state index contributed by atoms with van der Waals surface area (Å²) >= 11 is 0. The lowest BCUT2D eigenvalue weighted by Gasteiger charge is -2.29. The second kappa shape index (κ2) is 10.2. The first-order valence-corrected chi connectivity index (χ1v) is 11.6. The van der Waals surface area contributed by atoms with Crippen LogP contribution >= 0.6 is 0 Å². The monoisotopic (exact) mass is 508 g/mol. The number of hydrogen-bond acceptors (Lipinski definition) is 6. The molecular formula is C23H28F4N8O. The average molecular weight is 509 g/mol. The van der Waals surface area contributed by atoms with Crippen molar-refractivity contribution in [3.8, 4) is 0 Å². The predicted octanol–water partition coefficient (Wildman–Crippen LogP) is 3.60. The van der Waals surface area contributed by atoms with Crippen LogP contribution < -0.4 is 15.5 Å². The molecule has 5 heterocycles. The van der Waals surface area contributed by atoms with Crippen LogP contribution in [0.25, 0.3) is 5.65 Å². The van der Waals surface area contributed by atoms with Gasteiger partial charge in [0.1, 0.15) is 17.6 Å². The molecule has 1 amide bonds. The van der Waals surface area contributed by atoms with Crippen LogP contribution in [0.2, 0.25) is 0 Å². The number of halogens is 4. The fourth-order valence-corrected chi connectivity index (χ4v) is 4.50. The Bertz CT molecular complexity index is 1220. The number of carbonyl (C=O) groups excluding carboxylic acids is 1. The number of nitrogens with zero attached hydrogens (tertiary/aromatic N) is 6. The highest BCUT2D eigenvalue weighted by Gasteiger charge is 2.38. The summed E-state index contributed by atoms with van der Waals surface area (Å²) in [6.45, 7) is 6.45. The van der Waals surface area contributed by atoms with E-state index in [1.807, 2.05) is 6.07 Å². The molecule has 0 aromatic carbocycles. The van der Waals surface area contributed by atoms with Crippen LogP contribution in [0, 0.1) is 0 Å². The third-order valence-corrected chi connectivity index (χ3v) is 6.19. The zero-order valence-corrected chi connectivity index (χ0v) is 20.0. The van der Waals surface area contributed by atoms with E-state index in [9.17, 15) is 22.4 Å². The highest BCUT2D eigenvalue weighted by molar-refractivity contribution is 6.08. The second-order valence-electron chi connectivity index (χ2n) is 8.83. The second-order valence-corrected chi connectivity index (χ2v) is 8.83. The summed E-state index contributed by atoms with van der Waals surface area (Å²) in [5.74, 6) is 0.0225. The minimum absolute atomic E-state index is 0.0964. The molecule has 2 unspecified atom stereocenters. The SMILES string of the molecule is C=CC(C)F.Cn1cc(NC(=O)c2cnn3ccc(N4C5CCNC[C@H]4CC5)nc23)c(C(F)(F)F)n1. The topological polar surface area (TPSA) is 92.4 Å². The number of rotatable bonds is 4. The van der Waals surface area contributed by atoms with Crippen LogP contribution in [-0.4, -0.2) is 61.6 Å². The van der Waals surface area contributed by atoms with E-state index in [-0.39, 0.29) is 5.56 Å². The highest BCUT2D eigenvalue weighted by Crippen LogP contribution is 2.34. The van der Waals surface area contributed by atoms with Crippen LogP contribution in [0.5, 0.6) is 0 Å². The van der Waals surface area contributed by atoms with Gasteiger partial charge < -0.3 is 15.5 Å². The Morgan fingerprint density at radius 3 is 2.72 bits per heavy atom.